The molecule has 8 heteroatoms. The average molecular weight is 347 g/mol. The maximum Gasteiger partial charge on any atom is 0.573 e. The quantitative estimate of drug-likeness (QED) is 0.894. The maximum atomic E-state index is 12.2. The van der Waals surface area contributed by atoms with E-state index in [0.29, 0.717) is 12.8 Å². The smallest absolute Gasteiger partial charge is 0.490 e. The van der Waals surface area contributed by atoms with Gasteiger partial charge in [-0.3, -0.25) is 0 Å². The normalized spacial score (nSPS) is 20.8. The summed E-state index contributed by atoms with van der Waals surface area (Å²) < 4.78 is 51.2. The molecule has 24 heavy (non-hydrogen) atoms. The number of halogens is 3. The fourth-order valence-corrected chi connectivity index (χ4v) is 2.13. The maximum absolute atomic E-state index is 12.2. The lowest BCUT2D eigenvalue weighted by Crippen LogP contribution is -2.46. The van der Waals surface area contributed by atoms with Gasteiger partial charge in [-0.15, -0.1) is 13.2 Å². The zero-order valence-electron chi connectivity index (χ0n) is 13.6. The first-order valence-corrected chi connectivity index (χ1v) is 7.51. The number of carbonyl (C=O) groups excluding carboxylic acids is 1. The SMILES string of the molecule is CC(C)(C)NC(=O)OC1CC(Oc2cccc(OC(F)(F)F)c2)C1. The van der Waals surface area contributed by atoms with E-state index in [9.17, 15) is 18.0 Å². The number of hydrogen-bond acceptors (Lipinski definition) is 4. The molecule has 0 saturated heterocycles. The lowest BCUT2D eigenvalue weighted by Gasteiger charge is -2.35. The highest BCUT2D eigenvalue weighted by Crippen LogP contribution is 2.31. The molecule has 1 amide bonds. The molecule has 0 heterocycles. The van der Waals surface area contributed by atoms with Crippen molar-refractivity contribution in [2.75, 3.05) is 0 Å². The Morgan fingerprint density at radius 3 is 2.33 bits per heavy atom. The Kier molecular flexibility index (Phi) is 5.15. The van der Waals surface area contributed by atoms with E-state index < -0.39 is 12.5 Å². The molecule has 1 aromatic carbocycles. The average Bonchev–Trinajstić information content (AvgIpc) is 2.32. The van der Waals surface area contributed by atoms with Crippen LogP contribution in [0.3, 0.4) is 0 Å². The Balaban J connectivity index is 1.77. The first-order chi connectivity index (χ1) is 11.0. The second kappa shape index (κ2) is 6.78. The van der Waals surface area contributed by atoms with E-state index in [4.69, 9.17) is 9.47 Å². The van der Waals surface area contributed by atoms with Crippen molar-refractivity contribution in [1.82, 2.24) is 5.32 Å². The van der Waals surface area contributed by atoms with Gasteiger partial charge in [0.25, 0.3) is 0 Å². The monoisotopic (exact) mass is 347 g/mol. The molecule has 0 unspecified atom stereocenters. The molecule has 1 aliphatic carbocycles. The number of amides is 1. The van der Waals surface area contributed by atoms with Crippen LogP contribution in [-0.4, -0.2) is 30.2 Å². The summed E-state index contributed by atoms with van der Waals surface area (Å²) in [6.07, 6.45) is -4.73. The highest BCUT2D eigenvalue weighted by molar-refractivity contribution is 5.68. The lowest BCUT2D eigenvalue weighted by atomic mass is 9.92. The predicted octanol–water partition coefficient (Wildman–Crippen LogP) is 4.02. The highest BCUT2D eigenvalue weighted by Gasteiger charge is 2.35. The highest BCUT2D eigenvalue weighted by atomic mass is 19.4. The summed E-state index contributed by atoms with van der Waals surface area (Å²) in [5.74, 6) is -0.0592. The van der Waals surface area contributed by atoms with E-state index in [0.717, 1.165) is 0 Å². The molecule has 0 radical (unpaired) electrons. The number of nitrogens with one attached hydrogen (secondary N) is 1. The number of ether oxygens (including phenoxy) is 3. The third kappa shape index (κ3) is 6.17. The molecule has 1 aromatic rings. The topological polar surface area (TPSA) is 56.8 Å². The summed E-state index contributed by atoms with van der Waals surface area (Å²) in [7, 11) is 0. The van der Waals surface area contributed by atoms with E-state index in [1.54, 1.807) is 6.07 Å². The van der Waals surface area contributed by atoms with Crippen molar-refractivity contribution < 1.29 is 32.2 Å². The van der Waals surface area contributed by atoms with Crippen LogP contribution in [0.5, 0.6) is 11.5 Å². The minimum absolute atomic E-state index is 0.210. The fraction of sp³-hybridized carbons (Fsp3) is 0.562. The molecule has 1 fully saturated rings. The van der Waals surface area contributed by atoms with Crippen molar-refractivity contribution in [2.45, 2.75) is 57.7 Å². The van der Waals surface area contributed by atoms with E-state index in [1.807, 2.05) is 20.8 Å². The van der Waals surface area contributed by atoms with Crippen LogP contribution in [-0.2, 0) is 4.74 Å². The van der Waals surface area contributed by atoms with Crippen molar-refractivity contribution in [3.05, 3.63) is 24.3 Å². The standard InChI is InChI=1S/C16H20F3NO4/c1-15(2,3)20-14(21)23-13-8-12(9-13)22-10-5-4-6-11(7-10)24-16(17,18)19/h4-7,12-13H,8-9H2,1-3H3,(H,20,21). The number of benzene rings is 1. The molecule has 0 aromatic heterocycles. The molecule has 0 aliphatic heterocycles. The molecule has 1 N–H and O–H groups in total. The van der Waals surface area contributed by atoms with Crippen LogP contribution in [0.2, 0.25) is 0 Å². The molecule has 134 valence electrons. The zero-order valence-corrected chi connectivity index (χ0v) is 13.6. The van der Waals surface area contributed by atoms with Crippen molar-refractivity contribution in [3.8, 4) is 11.5 Å². The summed E-state index contributed by atoms with van der Waals surface area (Å²) in [6.45, 7) is 5.53. The lowest BCUT2D eigenvalue weighted by molar-refractivity contribution is -0.274. The summed E-state index contributed by atoms with van der Waals surface area (Å²) in [5, 5.41) is 2.69. The van der Waals surface area contributed by atoms with E-state index in [-0.39, 0.29) is 29.2 Å². The van der Waals surface area contributed by atoms with Gasteiger partial charge in [-0.2, -0.15) is 0 Å². The summed E-state index contributed by atoms with van der Waals surface area (Å²) >= 11 is 0. The third-order valence-electron chi connectivity index (χ3n) is 3.14. The molecular weight excluding hydrogens is 327 g/mol. The Morgan fingerprint density at radius 1 is 1.12 bits per heavy atom. The van der Waals surface area contributed by atoms with Crippen molar-refractivity contribution in [2.24, 2.45) is 0 Å². The van der Waals surface area contributed by atoms with Crippen molar-refractivity contribution in [1.29, 1.82) is 0 Å². The largest absolute Gasteiger partial charge is 0.573 e. The zero-order chi connectivity index (χ0) is 18.0. The molecule has 5 nitrogen and oxygen atoms in total. The minimum atomic E-state index is -4.74. The van der Waals surface area contributed by atoms with E-state index >= 15 is 0 Å². The molecule has 0 spiro atoms. The number of rotatable bonds is 4. The van der Waals surface area contributed by atoms with Gasteiger partial charge in [-0.1, -0.05) is 6.07 Å². The second-order valence-electron chi connectivity index (χ2n) is 6.64. The van der Waals surface area contributed by atoms with Crippen LogP contribution in [0, 0.1) is 0 Å². The Bertz CT molecular complexity index is 577. The molecule has 0 atom stereocenters. The van der Waals surface area contributed by atoms with Gasteiger partial charge in [0.05, 0.1) is 0 Å². The van der Waals surface area contributed by atoms with Gasteiger partial charge in [0, 0.05) is 24.4 Å². The third-order valence-corrected chi connectivity index (χ3v) is 3.14. The summed E-state index contributed by atoms with van der Waals surface area (Å²) in [5.41, 5.74) is -0.379. The number of hydrogen-bond donors (Lipinski definition) is 1. The van der Waals surface area contributed by atoms with Gasteiger partial charge in [-0.05, 0) is 32.9 Å². The van der Waals surface area contributed by atoms with Crippen molar-refractivity contribution >= 4 is 6.09 Å². The van der Waals surface area contributed by atoms with Gasteiger partial charge in [0.1, 0.15) is 23.7 Å². The van der Waals surface area contributed by atoms with Crippen LogP contribution < -0.4 is 14.8 Å². The number of alkyl carbamates (subject to hydrolysis) is 1. The second-order valence-corrected chi connectivity index (χ2v) is 6.64. The molecule has 1 saturated carbocycles. The minimum Gasteiger partial charge on any atom is -0.490 e. The number of carbonyl (C=O) groups is 1. The predicted molar refractivity (Wildman–Crippen MR) is 79.9 cm³/mol. The van der Waals surface area contributed by atoms with Gasteiger partial charge in [0.2, 0.25) is 0 Å². The number of alkyl halides is 3. The van der Waals surface area contributed by atoms with Gasteiger partial charge in [0.15, 0.2) is 0 Å². The first-order valence-electron chi connectivity index (χ1n) is 7.51. The van der Waals surface area contributed by atoms with Crippen LogP contribution in [0.1, 0.15) is 33.6 Å². The van der Waals surface area contributed by atoms with Crippen LogP contribution in [0.25, 0.3) is 0 Å². The van der Waals surface area contributed by atoms with Crippen LogP contribution in [0.15, 0.2) is 24.3 Å². The van der Waals surface area contributed by atoms with Crippen LogP contribution in [0.4, 0.5) is 18.0 Å². The van der Waals surface area contributed by atoms with E-state index in [1.165, 1.54) is 18.2 Å². The van der Waals surface area contributed by atoms with E-state index in [2.05, 4.69) is 10.1 Å². The molecular formula is C16H20F3NO4. The molecule has 0 bridgehead atoms. The molecule has 2 rings (SSSR count). The van der Waals surface area contributed by atoms with Crippen molar-refractivity contribution in [3.63, 3.8) is 0 Å². The summed E-state index contributed by atoms with van der Waals surface area (Å²) in [6, 6.07) is 5.33. The van der Waals surface area contributed by atoms with Gasteiger partial charge < -0.3 is 19.5 Å². The Hall–Kier alpha value is -2.12. The van der Waals surface area contributed by atoms with Gasteiger partial charge in [-0.25, -0.2) is 4.79 Å². The Morgan fingerprint density at radius 2 is 1.75 bits per heavy atom. The van der Waals surface area contributed by atoms with Gasteiger partial charge >= 0.3 is 12.5 Å². The van der Waals surface area contributed by atoms with Crippen LogP contribution >= 0.6 is 0 Å². The fourth-order valence-electron chi connectivity index (χ4n) is 2.13. The molecule has 1 aliphatic rings. The Labute approximate surface area is 138 Å². The first kappa shape index (κ1) is 18.2. The summed E-state index contributed by atoms with van der Waals surface area (Å²) in [4.78, 5) is 11.6.